The Kier molecular flexibility index (Phi) is 2.75. The minimum atomic E-state index is -0.481. The summed E-state index contributed by atoms with van der Waals surface area (Å²) in [5, 5.41) is 2.37. The smallest absolute Gasteiger partial charge is 0.132 e. The normalized spacial score (nSPS) is 10.6. The molecule has 0 aliphatic carbocycles. The first-order chi connectivity index (χ1) is 7.20. The van der Waals surface area contributed by atoms with Crippen LogP contribution in [0.4, 0.5) is 8.78 Å². The van der Waals surface area contributed by atoms with Crippen LogP contribution >= 0.6 is 11.3 Å². The summed E-state index contributed by atoms with van der Waals surface area (Å²) >= 11 is 1.33. The van der Waals surface area contributed by atoms with Crippen LogP contribution in [0.15, 0.2) is 23.6 Å². The summed E-state index contributed by atoms with van der Waals surface area (Å²) in [5.74, 6) is -0.959. The van der Waals surface area contributed by atoms with Gasteiger partial charge in [-0.15, -0.1) is 11.3 Å². The Morgan fingerprint density at radius 1 is 1.33 bits per heavy atom. The maximum Gasteiger partial charge on any atom is 0.132 e. The van der Waals surface area contributed by atoms with Crippen molar-refractivity contribution in [2.75, 3.05) is 0 Å². The van der Waals surface area contributed by atoms with Crippen LogP contribution < -0.4 is 5.73 Å². The number of aromatic nitrogens is 1. The van der Waals surface area contributed by atoms with Crippen molar-refractivity contribution in [3.8, 4) is 11.3 Å². The molecule has 2 nitrogen and oxygen atoms in total. The molecule has 0 atom stereocenters. The molecule has 1 heterocycles. The Balaban J connectivity index is 2.48. The van der Waals surface area contributed by atoms with Gasteiger partial charge in [0, 0.05) is 17.5 Å². The van der Waals surface area contributed by atoms with E-state index in [1.165, 1.54) is 11.3 Å². The molecule has 2 aromatic rings. The highest BCUT2D eigenvalue weighted by molar-refractivity contribution is 7.09. The lowest BCUT2D eigenvalue weighted by molar-refractivity contribution is 0.602. The average Bonchev–Trinajstić information content (AvgIpc) is 2.70. The van der Waals surface area contributed by atoms with E-state index in [9.17, 15) is 8.78 Å². The lowest BCUT2D eigenvalue weighted by atomic mass is 10.1. The van der Waals surface area contributed by atoms with Gasteiger partial charge in [-0.05, 0) is 18.2 Å². The maximum atomic E-state index is 13.3. The van der Waals surface area contributed by atoms with E-state index in [2.05, 4.69) is 4.98 Å². The van der Waals surface area contributed by atoms with Crippen LogP contribution in [0, 0.1) is 11.6 Å². The van der Waals surface area contributed by atoms with Crippen LogP contribution in [-0.2, 0) is 6.54 Å². The van der Waals surface area contributed by atoms with Gasteiger partial charge in [0.1, 0.15) is 16.6 Å². The number of nitrogens with two attached hydrogens (primary N) is 1. The Bertz CT molecular complexity index is 482. The monoisotopic (exact) mass is 226 g/mol. The summed E-state index contributed by atoms with van der Waals surface area (Å²) in [5.41, 5.74) is 5.99. The van der Waals surface area contributed by atoms with E-state index in [1.807, 2.05) is 0 Å². The second-order valence-electron chi connectivity index (χ2n) is 2.95. The SMILES string of the molecule is NCc1nc(-c2cc(F)ccc2F)cs1. The molecule has 1 aromatic heterocycles. The third kappa shape index (κ3) is 2.03. The molecule has 5 heteroatoms. The standard InChI is InChI=1S/C10H8F2N2S/c11-6-1-2-8(12)7(3-6)9-5-15-10(4-13)14-9/h1-3,5H,4,13H2. The highest BCUT2D eigenvalue weighted by Gasteiger charge is 2.09. The first-order valence-electron chi connectivity index (χ1n) is 4.30. The molecule has 0 radical (unpaired) electrons. The van der Waals surface area contributed by atoms with Crippen molar-refractivity contribution in [2.24, 2.45) is 5.73 Å². The largest absolute Gasteiger partial charge is 0.325 e. The summed E-state index contributed by atoms with van der Waals surface area (Å²) < 4.78 is 26.2. The van der Waals surface area contributed by atoms with E-state index in [1.54, 1.807) is 5.38 Å². The maximum absolute atomic E-state index is 13.3. The summed E-state index contributed by atoms with van der Waals surface area (Å²) in [6.45, 7) is 0.307. The van der Waals surface area contributed by atoms with Gasteiger partial charge < -0.3 is 5.73 Å². The van der Waals surface area contributed by atoms with E-state index < -0.39 is 11.6 Å². The van der Waals surface area contributed by atoms with E-state index in [4.69, 9.17) is 5.73 Å². The average molecular weight is 226 g/mol. The molecule has 0 amide bonds. The van der Waals surface area contributed by atoms with Crippen molar-refractivity contribution >= 4 is 11.3 Å². The molecule has 2 N–H and O–H groups in total. The first-order valence-corrected chi connectivity index (χ1v) is 5.18. The van der Waals surface area contributed by atoms with Crippen LogP contribution in [0.5, 0.6) is 0 Å². The van der Waals surface area contributed by atoms with Crippen LogP contribution in [0.25, 0.3) is 11.3 Å². The molecule has 0 aliphatic rings. The van der Waals surface area contributed by atoms with Gasteiger partial charge in [-0.25, -0.2) is 13.8 Å². The minimum absolute atomic E-state index is 0.172. The fraction of sp³-hybridized carbons (Fsp3) is 0.100. The lowest BCUT2D eigenvalue weighted by Gasteiger charge is -1.98. The third-order valence-corrected chi connectivity index (χ3v) is 2.80. The molecule has 0 unspecified atom stereocenters. The summed E-state index contributed by atoms with van der Waals surface area (Å²) in [6, 6.07) is 3.30. The third-order valence-electron chi connectivity index (χ3n) is 1.93. The first kappa shape index (κ1) is 10.2. The van der Waals surface area contributed by atoms with Gasteiger partial charge in [0.15, 0.2) is 0 Å². The second kappa shape index (κ2) is 4.04. The van der Waals surface area contributed by atoms with Gasteiger partial charge in [-0.3, -0.25) is 0 Å². The highest BCUT2D eigenvalue weighted by atomic mass is 32.1. The summed E-state index contributed by atoms with van der Waals surface area (Å²) in [6.07, 6.45) is 0. The van der Waals surface area contributed by atoms with Gasteiger partial charge >= 0.3 is 0 Å². The minimum Gasteiger partial charge on any atom is -0.325 e. The second-order valence-corrected chi connectivity index (χ2v) is 3.90. The number of halogens is 2. The van der Waals surface area contributed by atoms with Crippen molar-refractivity contribution in [2.45, 2.75) is 6.54 Å². The van der Waals surface area contributed by atoms with Crippen LogP contribution in [0.2, 0.25) is 0 Å². The Morgan fingerprint density at radius 3 is 2.80 bits per heavy atom. The van der Waals surface area contributed by atoms with Crippen molar-refractivity contribution in [1.82, 2.24) is 4.98 Å². The summed E-state index contributed by atoms with van der Waals surface area (Å²) in [7, 11) is 0. The van der Waals surface area contributed by atoms with Crippen LogP contribution in [0.3, 0.4) is 0 Å². The van der Waals surface area contributed by atoms with Gasteiger partial charge in [0.05, 0.1) is 5.69 Å². The summed E-state index contributed by atoms with van der Waals surface area (Å²) in [4.78, 5) is 4.09. The number of nitrogens with zero attached hydrogens (tertiary/aromatic N) is 1. The molecule has 0 bridgehead atoms. The predicted molar refractivity (Wildman–Crippen MR) is 55.4 cm³/mol. The van der Waals surface area contributed by atoms with E-state index >= 15 is 0 Å². The number of thiazole rings is 1. The fourth-order valence-electron chi connectivity index (χ4n) is 1.22. The molecular formula is C10H8F2N2S. The van der Waals surface area contributed by atoms with Crippen molar-refractivity contribution in [3.63, 3.8) is 0 Å². The molecule has 0 fully saturated rings. The fourth-order valence-corrected chi connectivity index (χ4v) is 1.90. The van der Waals surface area contributed by atoms with E-state index in [-0.39, 0.29) is 5.56 Å². The van der Waals surface area contributed by atoms with Gasteiger partial charge in [0.25, 0.3) is 0 Å². The molecule has 78 valence electrons. The molecule has 15 heavy (non-hydrogen) atoms. The van der Waals surface area contributed by atoms with Crippen molar-refractivity contribution < 1.29 is 8.78 Å². The number of hydrogen-bond donors (Lipinski definition) is 1. The van der Waals surface area contributed by atoms with E-state index in [0.29, 0.717) is 17.2 Å². The zero-order valence-electron chi connectivity index (χ0n) is 7.71. The van der Waals surface area contributed by atoms with Crippen molar-refractivity contribution in [1.29, 1.82) is 0 Å². The Labute approximate surface area is 89.4 Å². The predicted octanol–water partition coefficient (Wildman–Crippen LogP) is 2.55. The molecule has 0 aliphatic heterocycles. The zero-order chi connectivity index (χ0) is 10.8. The van der Waals surface area contributed by atoms with Crippen molar-refractivity contribution in [3.05, 3.63) is 40.2 Å². The molecule has 0 spiro atoms. The van der Waals surface area contributed by atoms with Gasteiger partial charge in [-0.1, -0.05) is 0 Å². The van der Waals surface area contributed by atoms with Crippen LogP contribution in [-0.4, -0.2) is 4.98 Å². The van der Waals surface area contributed by atoms with Gasteiger partial charge in [-0.2, -0.15) is 0 Å². The Hall–Kier alpha value is -1.33. The number of hydrogen-bond acceptors (Lipinski definition) is 3. The molecule has 0 saturated heterocycles. The lowest BCUT2D eigenvalue weighted by Crippen LogP contribution is -1.95. The van der Waals surface area contributed by atoms with E-state index in [0.717, 1.165) is 18.2 Å². The van der Waals surface area contributed by atoms with Gasteiger partial charge in [0.2, 0.25) is 0 Å². The zero-order valence-corrected chi connectivity index (χ0v) is 8.52. The number of benzene rings is 1. The molecule has 0 saturated carbocycles. The van der Waals surface area contributed by atoms with Crippen LogP contribution in [0.1, 0.15) is 5.01 Å². The quantitative estimate of drug-likeness (QED) is 0.854. The molecule has 2 rings (SSSR count). The topological polar surface area (TPSA) is 38.9 Å². The molecule has 1 aromatic carbocycles. The number of rotatable bonds is 2. The highest BCUT2D eigenvalue weighted by Crippen LogP contribution is 2.25. The molecular weight excluding hydrogens is 218 g/mol. The Morgan fingerprint density at radius 2 is 2.13 bits per heavy atom.